The number of ether oxygens (including phenoxy) is 1. The molecule has 3 aromatic rings. The first kappa shape index (κ1) is 31.2. The molecule has 0 saturated carbocycles. The largest absolute Gasteiger partial charge is 0.497 e. The van der Waals surface area contributed by atoms with Crippen LogP contribution in [-0.2, 0) is 27.5 Å². The van der Waals surface area contributed by atoms with Gasteiger partial charge in [0.2, 0.25) is 7.07 Å². The van der Waals surface area contributed by atoms with Gasteiger partial charge in [-0.3, -0.25) is 14.0 Å². The van der Waals surface area contributed by atoms with Crippen molar-refractivity contribution >= 4 is 40.3 Å². The van der Waals surface area contributed by atoms with Crippen LogP contribution >= 0.6 is 22.3 Å². The Morgan fingerprint density at radius 2 is 1.54 bits per heavy atom. The van der Waals surface area contributed by atoms with Crippen molar-refractivity contribution in [3.05, 3.63) is 95.6 Å². The molecule has 0 spiro atoms. The summed E-state index contributed by atoms with van der Waals surface area (Å²) in [5.41, 5.74) is 1.65. The highest BCUT2D eigenvalue weighted by Gasteiger charge is 2.38. The van der Waals surface area contributed by atoms with Crippen LogP contribution in [0.2, 0.25) is 0 Å². The summed E-state index contributed by atoms with van der Waals surface area (Å²) in [7, 11) is -8.29. The van der Waals surface area contributed by atoms with Gasteiger partial charge in [0, 0.05) is 13.6 Å². The van der Waals surface area contributed by atoms with Crippen LogP contribution < -0.4 is 9.26 Å². The van der Waals surface area contributed by atoms with Crippen molar-refractivity contribution in [1.29, 1.82) is 0 Å². The predicted molar refractivity (Wildman–Crippen MR) is 155 cm³/mol. The molecule has 11 nitrogen and oxygen atoms in total. The van der Waals surface area contributed by atoms with Gasteiger partial charge in [0.1, 0.15) is 23.6 Å². The molecular formula is C24H30N3O8P3S. The fourth-order valence-electron chi connectivity index (χ4n) is 3.65. The van der Waals surface area contributed by atoms with Gasteiger partial charge in [-0.05, 0) is 64.9 Å². The summed E-state index contributed by atoms with van der Waals surface area (Å²) >= 11 is 5.47. The molecule has 2 unspecified atom stereocenters. The molecule has 0 aliphatic rings. The molecule has 0 amide bonds. The molecule has 210 valence electrons. The summed E-state index contributed by atoms with van der Waals surface area (Å²) in [6.07, 6.45) is 0.794. The maximum absolute atomic E-state index is 12.6. The molecule has 0 aliphatic carbocycles. The van der Waals surface area contributed by atoms with Crippen molar-refractivity contribution in [2.75, 3.05) is 20.4 Å². The van der Waals surface area contributed by atoms with Crippen molar-refractivity contribution in [2.24, 2.45) is 5.10 Å². The minimum Gasteiger partial charge on any atom is -0.497 e. The highest BCUT2D eigenvalue weighted by atomic mass is 32.4. The molecule has 39 heavy (non-hydrogen) atoms. The second-order valence-electron chi connectivity index (χ2n) is 8.48. The lowest BCUT2D eigenvalue weighted by molar-refractivity contribution is 0.218. The summed E-state index contributed by atoms with van der Waals surface area (Å²) in [5.74, 6) is -0.501. The zero-order valence-corrected chi connectivity index (χ0v) is 24.7. The molecule has 2 atom stereocenters. The minimum atomic E-state index is -4.89. The third kappa shape index (κ3) is 9.96. The lowest BCUT2D eigenvalue weighted by Crippen LogP contribution is -2.29. The second-order valence-corrected chi connectivity index (χ2v) is 14.2. The van der Waals surface area contributed by atoms with E-state index in [0.717, 1.165) is 16.2 Å². The van der Waals surface area contributed by atoms with E-state index in [4.69, 9.17) is 21.1 Å². The zero-order valence-electron chi connectivity index (χ0n) is 21.1. The normalized spacial score (nSPS) is 13.8. The first-order valence-corrected chi connectivity index (χ1v) is 17.4. The van der Waals surface area contributed by atoms with Crippen molar-refractivity contribution in [3.63, 3.8) is 0 Å². The van der Waals surface area contributed by atoms with Gasteiger partial charge >= 0.3 is 15.2 Å². The Kier molecular flexibility index (Phi) is 11.0. The van der Waals surface area contributed by atoms with Crippen molar-refractivity contribution in [2.45, 2.75) is 12.3 Å². The Morgan fingerprint density at radius 3 is 2.08 bits per heavy atom. The molecule has 3 rings (SSSR count). The van der Waals surface area contributed by atoms with Crippen molar-refractivity contribution < 1.29 is 38.0 Å². The maximum atomic E-state index is 12.6. The third-order valence-corrected chi connectivity index (χ3v) is 9.49. The average molecular weight is 614 g/mol. The molecule has 0 aromatic heterocycles. The fraction of sp³-hybridized carbons (Fsp3) is 0.208. The molecule has 0 heterocycles. The number of hydrogen-bond donors (Lipinski definition) is 4. The number of benzene rings is 3. The Labute approximate surface area is 232 Å². The zero-order chi connectivity index (χ0) is 28.6. The Balaban J connectivity index is 1.76. The molecule has 4 N–H and O–H groups in total. The third-order valence-electron chi connectivity index (χ3n) is 5.40. The first-order valence-electron chi connectivity index (χ1n) is 11.5. The topological polar surface area (TPSA) is 152 Å². The summed E-state index contributed by atoms with van der Waals surface area (Å²) in [5, 5.41) is 4.32. The highest BCUT2D eigenvalue weighted by Crippen LogP contribution is 2.56. The van der Waals surface area contributed by atoms with Gasteiger partial charge < -0.3 is 28.8 Å². The van der Waals surface area contributed by atoms with Gasteiger partial charge in [0.25, 0.3) is 0 Å². The van der Waals surface area contributed by atoms with Gasteiger partial charge in [-0.1, -0.05) is 42.5 Å². The van der Waals surface area contributed by atoms with Gasteiger partial charge in [-0.2, -0.15) is 5.10 Å². The summed E-state index contributed by atoms with van der Waals surface area (Å²) in [4.78, 5) is 40.7. The minimum absolute atomic E-state index is 0.0870. The lowest BCUT2D eigenvalue weighted by atomic mass is 10.1. The molecule has 0 bridgehead atoms. The van der Waals surface area contributed by atoms with E-state index in [9.17, 15) is 28.7 Å². The molecular weight excluding hydrogens is 583 g/mol. The van der Waals surface area contributed by atoms with E-state index in [0.29, 0.717) is 11.3 Å². The van der Waals surface area contributed by atoms with Crippen LogP contribution in [0.4, 0.5) is 0 Å². The van der Waals surface area contributed by atoms with Crippen LogP contribution in [0, 0.1) is 0 Å². The van der Waals surface area contributed by atoms with E-state index >= 15 is 0 Å². The van der Waals surface area contributed by atoms with Crippen molar-refractivity contribution in [1.82, 2.24) is 9.68 Å². The number of hydrogen-bond acceptors (Lipinski definition) is 7. The number of nitrogens with zero attached hydrogens (tertiary/aromatic N) is 3. The molecule has 0 radical (unpaired) electrons. The second kappa shape index (κ2) is 13.8. The van der Waals surface area contributed by atoms with Gasteiger partial charge in [0.05, 0.1) is 13.3 Å². The van der Waals surface area contributed by atoms with Crippen molar-refractivity contribution in [3.8, 4) is 11.5 Å². The van der Waals surface area contributed by atoms with E-state index < -0.39 is 34.3 Å². The number of methoxy groups -OCH3 is 1. The molecule has 0 aliphatic heterocycles. The standard InChI is InChI=1S/C24H30N3O8P3S/c1-26(25-16-19-8-12-22(34-2)13-9-19)36(39)35-23-14-10-21(11-15-23)24(38(31,32)33)27(18-37(28,29)30)17-20-6-4-3-5-7-20/h3-16,24,36H,17-18H2,1-2H3,(H2,28,29,30)(H2,31,32,33)/b25-16+. The van der Waals surface area contributed by atoms with E-state index in [2.05, 4.69) is 5.10 Å². The molecule has 0 fully saturated rings. The Morgan fingerprint density at radius 1 is 0.949 bits per heavy atom. The molecule has 0 saturated heterocycles. The summed E-state index contributed by atoms with van der Waals surface area (Å²) in [6.45, 7) is -0.0870. The first-order chi connectivity index (χ1) is 18.4. The number of hydrazone groups is 1. The monoisotopic (exact) mass is 613 g/mol. The molecule has 15 heteroatoms. The quantitative estimate of drug-likeness (QED) is 0.124. The smallest absolute Gasteiger partial charge is 0.347 e. The summed E-state index contributed by atoms with van der Waals surface area (Å²) in [6, 6.07) is 21.9. The van der Waals surface area contributed by atoms with Gasteiger partial charge in [-0.25, -0.2) is 4.78 Å². The Bertz CT molecular complexity index is 1370. The average Bonchev–Trinajstić information content (AvgIpc) is 2.87. The van der Waals surface area contributed by atoms with Crippen LogP contribution in [0.1, 0.15) is 22.5 Å². The van der Waals surface area contributed by atoms with E-state index in [1.54, 1.807) is 50.7 Å². The van der Waals surface area contributed by atoms with Crippen LogP contribution in [0.5, 0.6) is 11.5 Å². The SMILES string of the molecule is COc1ccc(/C=N/N(C)[PH](=S)Oc2ccc(C(N(Cc3ccccc3)CP(=O)(O)O)P(=O)(O)O)cc2)cc1. The van der Waals surface area contributed by atoms with E-state index in [-0.39, 0.29) is 12.1 Å². The van der Waals surface area contributed by atoms with Crippen LogP contribution in [0.25, 0.3) is 0 Å². The number of rotatable bonds is 13. The van der Waals surface area contributed by atoms with Gasteiger partial charge in [-0.15, -0.1) is 0 Å². The van der Waals surface area contributed by atoms with Crippen LogP contribution in [0.3, 0.4) is 0 Å². The lowest BCUT2D eigenvalue weighted by Gasteiger charge is -2.32. The Hall–Kier alpha value is -2.36. The summed E-state index contributed by atoms with van der Waals surface area (Å²) < 4.78 is 36.9. The van der Waals surface area contributed by atoms with Crippen LogP contribution in [-0.4, -0.2) is 55.9 Å². The van der Waals surface area contributed by atoms with Gasteiger partial charge in [0.15, 0.2) is 0 Å². The fourth-order valence-corrected chi connectivity index (χ4v) is 6.72. The van der Waals surface area contributed by atoms with E-state index in [1.807, 2.05) is 24.3 Å². The predicted octanol–water partition coefficient (Wildman–Crippen LogP) is 4.36. The highest BCUT2D eigenvalue weighted by molar-refractivity contribution is 8.02. The molecule has 3 aromatic carbocycles. The maximum Gasteiger partial charge on any atom is 0.347 e. The van der Waals surface area contributed by atoms with E-state index in [1.165, 1.54) is 29.0 Å². The van der Waals surface area contributed by atoms with Crippen LogP contribution in [0.15, 0.2) is 84.0 Å².